The van der Waals surface area contributed by atoms with Gasteiger partial charge >= 0.3 is 0 Å². The summed E-state index contributed by atoms with van der Waals surface area (Å²) < 4.78 is 6.72. The fraction of sp³-hybridized carbons (Fsp3) is 0.310. The third kappa shape index (κ3) is 2.68. The maximum atomic E-state index is 6.72. The van der Waals surface area contributed by atoms with Gasteiger partial charge in [0.2, 0.25) is 0 Å². The lowest BCUT2D eigenvalue weighted by Gasteiger charge is -2.30. The molecule has 1 heteroatoms. The van der Waals surface area contributed by atoms with E-state index in [9.17, 15) is 0 Å². The molecule has 0 saturated carbocycles. The first-order valence-corrected chi connectivity index (χ1v) is 10.7. The minimum atomic E-state index is 0.966. The second-order valence-electron chi connectivity index (χ2n) is 9.06. The molecule has 0 aromatic heterocycles. The number of fused-ring (bicyclic) bond motifs is 2. The van der Waals surface area contributed by atoms with Gasteiger partial charge in [-0.1, -0.05) is 24.8 Å². The van der Waals surface area contributed by atoms with Gasteiger partial charge in [0.25, 0.3) is 0 Å². The number of benzene rings is 3. The maximum Gasteiger partial charge on any atom is 0.139 e. The average molecular weight is 397 g/mol. The Bertz CT molecular complexity index is 1350. The number of ether oxygens (including phenoxy) is 1. The Labute approximate surface area is 180 Å². The van der Waals surface area contributed by atoms with Crippen molar-refractivity contribution in [2.45, 2.75) is 62.3 Å². The fourth-order valence-electron chi connectivity index (χ4n) is 4.91. The van der Waals surface area contributed by atoms with Crippen molar-refractivity contribution in [3.05, 3.63) is 89.8 Å². The van der Waals surface area contributed by atoms with Gasteiger partial charge in [0.05, 0.1) is 0 Å². The quantitative estimate of drug-likeness (QED) is 0.371. The standard InChI is InChI=1S/C29H32O/c1-14-11-12-15(2)24(18(14)5)27-25-17(4)13-16(3)19(6)28(25)30-29-23(10)21(8)20(7)22(9)26(27)29/h11-13H,3H2,1-2,4-10H3. The third-order valence-corrected chi connectivity index (χ3v) is 7.36. The number of hydrogen-bond donors (Lipinski definition) is 0. The maximum absolute atomic E-state index is 6.72. The summed E-state index contributed by atoms with van der Waals surface area (Å²) in [5.41, 5.74) is 15.4. The highest BCUT2D eigenvalue weighted by atomic mass is 16.5. The Balaban J connectivity index is 2.38. The van der Waals surface area contributed by atoms with E-state index in [1.165, 1.54) is 66.4 Å². The number of aryl methyl sites for hydroxylation is 3. The molecule has 3 aromatic carbocycles. The van der Waals surface area contributed by atoms with Gasteiger partial charge in [-0.3, -0.25) is 0 Å². The predicted molar refractivity (Wildman–Crippen MR) is 128 cm³/mol. The van der Waals surface area contributed by atoms with Crippen LogP contribution in [0.3, 0.4) is 0 Å². The molecule has 154 valence electrons. The van der Waals surface area contributed by atoms with Crippen LogP contribution in [0.1, 0.15) is 61.2 Å². The monoisotopic (exact) mass is 396 g/mol. The molecule has 0 aliphatic carbocycles. The predicted octanol–water partition coefficient (Wildman–Crippen LogP) is 6.23. The number of rotatable bonds is 1. The van der Waals surface area contributed by atoms with Crippen molar-refractivity contribution < 1.29 is 4.74 Å². The number of hydrogen-bond acceptors (Lipinski definition) is 1. The van der Waals surface area contributed by atoms with Gasteiger partial charge in [-0.05, 0) is 123 Å². The Morgan fingerprint density at radius 2 is 1.17 bits per heavy atom. The molecule has 0 radical (unpaired) electrons. The zero-order valence-corrected chi connectivity index (χ0v) is 19.8. The van der Waals surface area contributed by atoms with Crippen molar-refractivity contribution in [2.24, 2.45) is 0 Å². The van der Waals surface area contributed by atoms with Crippen LogP contribution in [-0.2, 0) is 0 Å². The van der Waals surface area contributed by atoms with E-state index in [0.717, 1.165) is 22.3 Å². The molecule has 0 saturated heterocycles. The van der Waals surface area contributed by atoms with E-state index >= 15 is 0 Å². The molecular formula is C29H32O. The molecule has 30 heavy (non-hydrogen) atoms. The summed E-state index contributed by atoms with van der Waals surface area (Å²) in [4.78, 5) is 0. The molecule has 0 spiro atoms. The van der Waals surface area contributed by atoms with Gasteiger partial charge in [-0.25, -0.2) is 0 Å². The molecule has 0 N–H and O–H groups in total. The minimum Gasteiger partial charge on any atom is -0.455 e. The van der Waals surface area contributed by atoms with E-state index in [2.05, 4.69) is 87.1 Å². The molecule has 1 nitrogen and oxygen atoms in total. The highest BCUT2D eigenvalue weighted by molar-refractivity contribution is 5.91. The SMILES string of the molecule is C=c1cc(C)c2c(c1C)Oc1c(C)c(C)c(C)c(C)c1C=2c1c(C)ccc(C)c1C. The van der Waals surface area contributed by atoms with Crippen molar-refractivity contribution in [3.8, 4) is 11.5 Å². The van der Waals surface area contributed by atoms with Crippen LogP contribution in [0, 0.1) is 62.3 Å². The van der Waals surface area contributed by atoms with Crippen LogP contribution >= 0.6 is 0 Å². The topological polar surface area (TPSA) is 9.23 Å². The van der Waals surface area contributed by atoms with Crippen molar-refractivity contribution >= 4 is 12.2 Å². The van der Waals surface area contributed by atoms with E-state index < -0.39 is 0 Å². The Morgan fingerprint density at radius 1 is 0.567 bits per heavy atom. The largest absolute Gasteiger partial charge is 0.455 e. The zero-order valence-electron chi connectivity index (χ0n) is 19.8. The summed E-state index contributed by atoms with van der Waals surface area (Å²) in [6.07, 6.45) is 0. The van der Waals surface area contributed by atoms with E-state index in [1.807, 2.05) is 0 Å². The van der Waals surface area contributed by atoms with Crippen molar-refractivity contribution in [2.75, 3.05) is 0 Å². The van der Waals surface area contributed by atoms with Gasteiger partial charge in [0.15, 0.2) is 0 Å². The van der Waals surface area contributed by atoms with Crippen molar-refractivity contribution in [3.63, 3.8) is 0 Å². The normalized spacial score (nSPS) is 12.5. The molecule has 0 unspecified atom stereocenters. The van der Waals surface area contributed by atoms with Crippen LogP contribution in [0.5, 0.6) is 11.5 Å². The highest BCUT2D eigenvalue weighted by Crippen LogP contribution is 2.45. The molecule has 0 atom stereocenters. The molecule has 4 rings (SSSR count). The molecule has 0 fully saturated rings. The summed E-state index contributed by atoms with van der Waals surface area (Å²) in [7, 11) is 0. The first kappa shape index (κ1) is 20.5. The van der Waals surface area contributed by atoms with Gasteiger partial charge in [-0.15, -0.1) is 0 Å². The smallest absolute Gasteiger partial charge is 0.139 e. The van der Waals surface area contributed by atoms with Crippen LogP contribution in [0.15, 0.2) is 18.2 Å². The van der Waals surface area contributed by atoms with E-state index in [1.54, 1.807) is 0 Å². The summed E-state index contributed by atoms with van der Waals surface area (Å²) in [5.74, 6) is 1.97. The second kappa shape index (κ2) is 6.87. The van der Waals surface area contributed by atoms with E-state index in [-0.39, 0.29) is 0 Å². The van der Waals surface area contributed by atoms with Crippen LogP contribution in [0.4, 0.5) is 0 Å². The van der Waals surface area contributed by atoms with Gasteiger partial charge in [-0.2, -0.15) is 0 Å². The lowest BCUT2D eigenvalue weighted by atomic mass is 9.80. The lowest BCUT2D eigenvalue weighted by Crippen LogP contribution is -2.27. The summed E-state index contributed by atoms with van der Waals surface area (Å²) in [6, 6.07) is 6.68. The molecule has 0 bridgehead atoms. The van der Waals surface area contributed by atoms with E-state index in [0.29, 0.717) is 0 Å². The van der Waals surface area contributed by atoms with Crippen LogP contribution in [0.25, 0.3) is 12.2 Å². The minimum absolute atomic E-state index is 0.966. The molecule has 0 amide bonds. The second-order valence-corrected chi connectivity index (χ2v) is 9.06. The third-order valence-electron chi connectivity index (χ3n) is 7.36. The summed E-state index contributed by atoms with van der Waals surface area (Å²) in [6.45, 7) is 24.1. The molecule has 1 heterocycles. The zero-order chi connectivity index (χ0) is 22.1. The fourth-order valence-corrected chi connectivity index (χ4v) is 4.91. The first-order valence-electron chi connectivity index (χ1n) is 10.7. The van der Waals surface area contributed by atoms with Gasteiger partial charge < -0.3 is 4.74 Å². The van der Waals surface area contributed by atoms with Crippen LogP contribution in [-0.4, -0.2) is 0 Å². The molecule has 3 aromatic rings. The van der Waals surface area contributed by atoms with Crippen molar-refractivity contribution in [1.82, 2.24) is 0 Å². The Hall–Kier alpha value is -2.80. The molecular weight excluding hydrogens is 364 g/mol. The van der Waals surface area contributed by atoms with Crippen LogP contribution < -0.4 is 15.2 Å². The molecule has 1 aliphatic heterocycles. The molecule has 1 aliphatic rings. The Kier molecular flexibility index (Phi) is 4.69. The van der Waals surface area contributed by atoms with Crippen molar-refractivity contribution in [1.29, 1.82) is 0 Å². The first-order chi connectivity index (χ1) is 14.1. The van der Waals surface area contributed by atoms with E-state index in [4.69, 9.17) is 4.74 Å². The average Bonchev–Trinajstić information content (AvgIpc) is 2.71. The Morgan fingerprint density at radius 3 is 1.83 bits per heavy atom. The van der Waals surface area contributed by atoms with Crippen LogP contribution in [0.2, 0.25) is 0 Å². The highest BCUT2D eigenvalue weighted by Gasteiger charge is 2.29. The van der Waals surface area contributed by atoms with Gasteiger partial charge in [0, 0.05) is 16.4 Å². The summed E-state index contributed by atoms with van der Waals surface area (Å²) in [5, 5.41) is 2.25. The summed E-state index contributed by atoms with van der Waals surface area (Å²) >= 11 is 0. The lowest BCUT2D eigenvalue weighted by molar-refractivity contribution is 0.462. The van der Waals surface area contributed by atoms with Gasteiger partial charge in [0.1, 0.15) is 11.5 Å².